The smallest absolute Gasteiger partial charge is 0.337 e. The van der Waals surface area contributed by atoms with Crippen molar-refractivity contribution in [2.75, 3.05) is 12.4 Å². The highest BCUT2D eigenvalue weighted by Gasteiger charge is 2.26. The van der Waals surface area contributed by atoms with Crippen LogP contribution in [0.4, 0.5) is 5.69 Å². The van der Waals surface area contributed by atoms with E-state index >= 15 is 0 Å². The Balaban J connectivity index is 2.09. The van der Waals surface area contributed by atoms with E-state index in [2.05, 4.69) is 14.5 Å². The highest BCUT2D eigenvalue weighted by molar-refractivity contribution is 7.90. The van der Waals surface area contributed by atoms with Crippen LogP contribution in [-0.2, 0) is 14.8 Å². The van der Waals surface area contributed by atoms with Gasteiger partial charge in [0.15, 0.2) is 5.84 Å². The molecule has 0 saturated heterocycles. The topological polar surface area (TPSA) is 84.8 Å². The van der Waals surface area contributed by atoms with Gasteiger partial charge in [-0.05, 0) is 18.2 Å². The molecule has 0 bridgehead atoms. The van der Waals surface area contributed by atoms with Gasteiger partial charge in [0.25, 0.3) is 10.0 Å². The maximum absolute atomic E-state index is 12.3. The van der Waals surface area contributed by atoms with Gasteiger partial charge in [-0.3, -0.25) is 0 Å². The number of carbonyl (C=O) groups excluding carboxylic acids is 1. The van der Waals surface area contributed by atoms with Crippen LogP contribution in [0.3, 0.4) is 0 Å². The summed E-state index contributed by atoms with van der Waals surface area (Å²) in [5, 5.41) is 2.97. The van der Waals surface area contributed by atoms with Crippen LogP contribution in [0.2, 0.25) is 0 Å². The zero-order chi connectivity index (χ0) is 15.7. The van der Waals surface area contributed by atoms with Crippen molar-refractivity contribution in [1.29, 1.82) is 0 Å². The molecular weight excluding hydrogens is 304 g/mol. The van der Waals surface area contributed by atoms with Crippen molar-refractivity contribution >= 4 is 27.5 Å². The molecule has 22 heavy (non-hydrogen) atoms. The molecule has 0 amide bonds. The van der Waals surface area contributed by atoms with E-state index in [9.17, 15) is 13.2 Å². The lowest BCUT2D eigenvalue weighted by atomic mass is 10.1. The second-order valence-corrected chi connectivity index (χ2v) is 6.18. The molecule has 0 unspecified atom stereocenters. The number of carbonyl (C=O) groups is 1. The van der Waals surface area contributed by atoms with Crippen LogP contribution >= 0.6 is 0 Å². The van der Waals surface area contributed by atoms with Crippen molar-refractivity contribution < 1.29 is 17.9 Å². The molecule has 3 rings (SSSR count). The van der Waals surface area contributed by atoms with Gasteiger partial charge in [-0.1, -0.05) is 30.3 Å². The molecule has 6 nitrogen and oxygen atoms in total. The standard InChI is InChI=1S/C15H12N2O4S/c1-21-15(18)11-7-8-12-13(9-11)22(19,20)17-14(16-12)10-5-3-2-4-6-10/h2-9H,1H3,(H,16,17). The number of esters is 1. The van der Waals surface area contributed by atoms with Crippen molar-refractivity contribution in [3.63, 3.8) is 0 Å². The van der Waals surface area contributed by atoms with Crippen LogP contribution in [0.1, 0.15) is 15.9 Å². The molecule has 0 radical (unpaired) electrons. The molecule has 0 fully saturated rings. The lowest BCUT2D eigenvalue weighted by Gasteiger charge is -2.18. The number of ether oxygens (including phenoxy) is 1. The van der Waals surface area contributed by atoms with Gasteiger partial charge in [0.1, 0.15) is 4.90 Å². The minimum Gasteiger partial charge on any atom is -0.465 e. The number of methoxy groups -OCH3 is 1. The summed E-state index contributed by atoms with van der Waals surface area (Å²) in [6, 6.07) is 13.2. The molecule has 1 aliphatic rings. The molecule has 0 saturated carbocycles. The van der Waals surface area contributed by atoms with Gasteiger partial charge in [-0.15, -0.1) is 4.40 Å². The zero-order valence-corrected chi connectivity index (χ0v) is 12.4. The fourth-order valence-electron chi connectivity index (χ4n) is 2.12. The highest BCUT2D eigenvalue weighted by Crippen LogP contribution is 2.29. The second kappa shape index (κ2) is 5.27. The van der Waals surface area contributed by atoms with E-state index in [1.54, 1.807) is 24.3 Å². The Bertz CT molecular complexity index is 874. The fraction of sp³-hybridized carbons (Fsp3) is 0.0667. The summed E-state index contributed by atoms with van der Waals surface area (Å²) in [6.07, 6.45) is 0. The van der Waals surface area contributed by atoms with E-state index in [1.807, 2.05) is 6.07 Å². The van der Waals surface area contributed by atoms with Gasteiger partial charge in [-0.2, -0.15) is 8.42 Å². The van der Waals surface area contributed by atoms with Gasteiger partial charge in [0, 0.05) is 5.56 Å². The van der Waals surface area contributed by atoms with Gasteiger partial charge in [-0.25, -0.2) is 4.79 Å². The monoisotopic (exact) mass is 316 g/mol. The van der Waals surface area contributed by atoms with Crippen LogP contribution in [0.5, 0.6) is 0 Å². The molecule has 0 spiro atoms. The number of nitrogens with one attached hydrogen (secondary N) is 1. The normalized spacial score (nSPS) is 15.2. The molecule has 0 aliphatic carbocycles. The van der Waals surface area contributed by atoms with E-state index in [0.717, 1.165) is 0 Å². The summed E-state index contributed by atoms with van der Waals surface area (Å²) in [6.45, 7) is 0. The second-order valence-electron chi connectivity index (χ2n) is 4.61. The van der Waals surface area contributed by atoms with Crippen LogP contribution in [0.15, 0.2) is 57.8 Å². The maximum Gasteiger partial charge on any atom is 0.337 e. The first-order valence-corrected chi connectivity index (χ1v) is 7.85. The molecule has 2 aromatic carbocycles. The van der Waals surface area contributed by atoms with Crippen LogP contribution in [0.25, 0.3) is 0 Å². The van der Waals surface area contributed by atoms with Gasteiger partial charge >= 0.3 is 5.97 Å². The number of amidine groups is 1. The molecular formula is C15H12N2O4S. The third-order valence-electron chi connectivity index (χ3n) is 3.19. The van der Waals surface area contributed by atoms with E-state index < -0.39 is 16.0 Å². The first kappa shape index (κ1) is 14.3. The minimum absolute atomic E-state index is 0.0462. The number of nitrogens with zero attached hydrogens (tertiary/aromatic N) is 1. The Hall–Kier alpha value is -2.67. The van der Waals surface area contributed by atoms with Crippen LogP contribution < -0.4 is 5.32 Å². The number of sulfonamides is 1. The first-order chi connectivity index (χ1) is 10.5. The number of benzene rings is 2. The van der Waals surface area contributed by atoms with E-state index in [0.29, 0.717) is 11.3 Å². The van der Waals surface area contributed by atoms with Crippen molar-refractivity contribution in [2.45, 2.75) is 4.90 Å². The molecule has 1 N–H and O–H groups in total. The van der Waals surface area contributed by atoms with Crippen molar-refractivity contribution in [3.8, 4) is 0 Å². The van der Waals surface area contributed by atoms with Gasteiger partial charge in [0.2, 0.25) is 0 Å². The first-order valence-electron chi connectivity index (χ1n) is 6.41. The molecule has 1 aliphatic heterocycles. The number of anilines is 1. The Labute approximate surface area is 127 Å². The Morgan fingerprint density at radius 2 is 1.86 bits per heavy atom. The average Bonchev–Trinajstić information content (AvgIpc) is 2.54. The van der Waals surface area contributed by atoms with Gasteiger partial charge < -0.3 is 10.1 Å². The third-order valence-corrected chi connectivity index (χ3v) is 4.51. The van der Waals surface area contributed by atoms with E-state index in [-0.39, 0.29) is 16.3 Å². The highest BCUT2D eigenvalue weighted by atomic mass is 32.2. The predicted molar refractivity (Wildman–Crippen MR) is 81.6 cm³/mol. The quantitative estimate of drug-likeness (QED) is 0.857. The largest absolute Gasteiger partial charge is 0.465 e. The Kier molecular flexibility index (Phi) is 3.42. The summed E-state index contributed by atoms with van der Waals surface area (Å²) in [7, 11) is -2.65. The van der Waals surface area contributed by atoms with E-state index in [1.165, 1.54) is 25.3 Å². The lowest BCUT2D eigenvalue weighted by molar-refractivity contribution is 0.0600. The molecule has 0 aromatic heterocycles. The van der Waals surface area contributed by atoms with Crippen molar-refractivity contribution in [2.24, 2.45) is 4.40 Å². The molecule has 7 heteroatoms. The summed E-state index contributed by atoms with van der Waals surface area (Å²) in [5.74, 6) is -0.352. The number of fused-ring (bicyclic) bond motifs is 1. The number of hydrogen-bond acceptors (Lipinski definition) is 5. The SMILES string of the molecule is COC(=O)c1ccc2c(c1)S(=O)(=O)N=C(c1ccccc1)N2. The maximum atomic E-state index is 12.3. The average molecular weight is 316 g/mol. The molecule has 112 valence electrons. The predicted octanol–water partition coefficient (Wildman–Crippen LogP) is 2.03. The van der Waals surface area contributed by atoms with Crippen LogP contribution in [0, 0.1) is 0 Å². The number of hydrogen-bond donors (Lipinski definition) is 1. The summed E-state index contributed by atoms with van der Waals surface area (Å²) >= 11 is 0. The number of rotatable bonds is 2. The molecule has 1 heterocycles. The fourth-order valence-corrected chi connectivity index (χ4v) is 3.29. The lowest BCUT2D eigenvalue weighted by Crippen LogP contribution is -2.22. The van der Waals surface area contributed by atoms with Crippen molar-refractivity contribution in [1.82, 2.24) is 0 Å². The molecule has 0 atom stereocenters. The van der Waals surface area contributed by atoms with Gasteiger partial charge in [0.05, 0.1) is 18.4 Å². The minimum atomic E-state index is -3.89. The zero-order valence-electron chi connectivity index (χ0n) is 11.6. The summed E-state index contributed by atoms with van der Waals surface area (Å²) in [4.78, 5) is 11.5. The third kappa shape index (κ3) is 2.46. The Morgan fingerprint density at radius 1 is 1.14 bits per heavy atom. The van der Waals surface area contributed by atoms with Crippen LogP contribution in [-0.4, -0.2) is 27.3 Å². The van der Waals surface area contributed by atoms with E-state index in [4.69, 9.17) is 0 Å². The molecule has 2 aromatic rings. The van der Waals surface area contributed by atoms with Crippen molar-refractivity contribution in [3.05, 3.63) is 59.7 Å². The summed E-state index contributed by atoms with van der Waals surface area (Å²) in [5.41, 5.74) is 1.19. The summed E-state index contributed by atoms with van der Waals surface area (Å²) < 4.78 is 33.1. The Morgan fingerprint density at radius 3 is 2.55 bits per heavy atom.